The molecule has 0 radical (unpaired) electrons. The van der Waals surface area contributed by atoms with Gasteiger partial charge in [-0.2, -0.15) is 0 Å². The molecule has 20 heavy (non-hydrogen) atoms. The van der Waals surface area contributed by atoms with Crippen molar-refractivity contribution in [2.24, 2.45) is 5.73 Å². The molecule has 2 aromatic carbocycles. The Morgan fingerprint density at radius 1 is 1.15 bits per heavy atom. The van der Waals surface area contributed by atoms with Crippen LogP contribution in [-0.2, 0) is 4.74 Å². The maximum atomic E-state index is 13.8. The predicted octanol–water partition coefficient (Wildman–Crippen LogP) is 4.18. The molecule has 0 fully saturated rings. The summed E-state index contributed by atoms with van der Waals surface area (Å²) in [5.41, 5.74) is 7.10. The summed E-state index contributed by atoms with van der Waals surface area (Å²) in [6.07, 6.45) is 1.66. The van der Waals surface area contributed by atoms with Gasteiger partial charge in [0.25, 0.3) is 0 Å². The second-order valence-corrected chi connectivity index (χ2v) is 5.79. The zero-order chi connectivity index (χ0) is 14.8. The third-order valence-corrected chi connectivity index (χ3v) is 3.91. The van der Waals surface area contributed by atoms with E-state index in [0.29, 0.717) is 5.39 Å². The van der Waals surface area contributed by atoms with Gasteiger partial charge in [0, 0.05) is 18.5 Å². The second-order valence-electron chi connectivity index (χ2n) is 5.79. The van der Waals surface area contributed by atoms with Crippen LogP contribution < -0.4 is 5.73 Å². The van der Waals surface area contributed by atoms with Gasteiger partial charge in [-0.1, -0.05) is 30.3 Å². The molecular formula is C17H22FNO. The minimum Gasteiger partial charge on any atom is -0.379 e. The molecule has 0 aliphatic heterocycles. The van der Waals surface area contributed by atoms with Gasteiger partial charge in [0.2, 0.25) is 0 Å². The van der Waals surface area contributed by atoms with Gasteiger partial charge in [0.05, 0.1) is 5.60 Å². The van der Waals surface area contributed by atoms with E-state index in [4.69, 9.17) is 10.5 Å². The monoisotopic (exact) mass is 275 g/mol. The molecule has 2 nitrogen and oxygen atoms in total. The minimum absolute atomic E-state index is 0.116. The van der Waals surface area contributed by atoms with E-state index in [1.165, 1.54) is 6.07 Å². The van der Waals surface area contributed by atoms with Crippen LogP contribution in [0.3, 0.4) is 0 Å². The first-order chi connectivity index (χ1) is 9.44. The number of nitrogens with two attached hydrogens (primary N) is 1. The van der Waals surface area contributed by atoms with Crippen molar-refractivity contribution in [2.75, 3.05) is 7.11 Å². The van der Waals surface area contributed by atoms with Crippen LogP contribution in [0.15, 0.2) is 36.4 Å². The van der Waals surface area contributed by atoms with Crippen molar-refractivity contribution >= 4 is 10.8 Å². The highest BCUT2D eigenvalue weighted by molar-refractivity contribution is 5.86. The number of hydrogen-bond acceptors (Lipinski definition) is 2. The Labute approximate surface area is 119 Å². The average molecular weight is 275 g/mol. The highest BCUT2D eigenvalue weighted by Gasteiger charge is 2.19. The van der Waals surface area contributed by atoms with Gasteiger partial charge in [-0.15, -0.1) is 0 Å². The summed E-state index contributed by atoms with van der Waals surface area (Å²) in [6.45, 7) is 4.09. The first-order valence-corrected chi connectivity index (χ1v) is 6.92. The van der Waals surface area contributed by atoms with E-state index in [1.54, 1.807) is 19.2 Å². The molecule has 108 valence electrons. The summed E-state index contributed by atoms with van der Waals surface area (Å²) in [5, 5.41) is 1.53. The SMILES string of the molecule is COC(C)(C)CCC(N)c1ccc(F)c2ccccc12. The molecule has 0 aliphatic rings. The van der Waals surface area contributed by atoms with Crippen LogP contribution in [0.1, 0.15) is 38.3 Å². The lowest BCUT2D eigenvalue weighted by Gasteiger charge is -2.25. The van der Waals surface area contributed by atoms with Crippen molar-refractivity contribution in [1.82, 2.24) is 0 Å². The lowest BCUT2D eigenvalue weighted by atomic mass is 9.92. The molecule has 3 heteroatoms. The molecular weight excluding hydrogens is 253 g/mol. The molecule has 0 amide bonds. The van der Waals surface area contributed by atoms with Crippen LogP contribution in [0.25, 0.3) is 10.8 Å². The van der Waals surface area contributed by atoms with Crippen molar-refractivity contribution in [1.29, 1.82) is 0 Å². The molecule has 0 saturated carbocycles. The Bertz CT molecular complexity index is 595. The maximum absolute atomic E-state index is 13.8. The first kappa shape index (κ1) is 14.9. The highest BCUT2D eigenvalue weighted by Crippen LogP contribution is 2.29. The van der Waals surface area contributed by atoms with E-state index in [1.807, 2.05) is 32.0 Å². The van der Waals surface area contributed by atoms with Crippen LogP contribution in [0.2, 0.25) is 0 Å². The van der Waals surface area contributed by atoms with E-state index < -0.39 is 0 Å². The summed E-state index contributed by atoms with van der Waals surface area (Å²) < 4.78 is 19.2. The largest absolute Gasteiger partial charge is 0.379 e. The maximum Gasteiger partial charge on any atom is 0.131 e. The van der Waals surface area contributed by atoms with E-state index in [0.717, 1.165) is 23.8 Å². The van der Waals surface area contributed by atoms with Gasteiger partial charge in [-0.25, -0.2) is 4.39 Å². The van der Waals surface area contributed by atoms with Crippen molar-refractivity contribution in [3.8, 4) is 0 Å². The second kappa shape index (κ2) is 5.90. The zero-order valence-corrected chi connectivity index (χ0v) is 12.3. The third kappa shape index (κ3) is 3.17. The molecule has 0 spiro atoms. The summed E-state index contributed by atoms with van der Waals surface area (Å²) in [4.78, 5) is 0. The summed E-state index contributed by atoms with van der Waals surface area (Å²) in [6, 6.07) is 10.7. The average Bonchev–Trinajstić information content (AvgIpc) is 2.46. The number of fused-ring (bicyclic) bond motifs is 1. The summed E-state index contributed by atoms with van der Waals surface area (Å²) in [7, 11) is 1.71. The fraction of sp³-hybridized carbons (Fsp3) is 0.412. The number of methoxy groups -OCH3 is 1. The van der Waals surface area contributed by atoms with E-state index in [9.17, 15) is 4.39 Å². The number of rotatable bonds is 5. The van der Waals surface area contributed by atoms with E-state index in [2.05, 4.69) is 0 Å². The van der Waals surface area contributed by atoms with Crippen molar-refractivity contribution in [2.45, 2.75) is 38.3 Å². The molecule has 0 heterocycles. The van der Waals surface area contributed by atoms with Crippen LogP contribution in [0.4, 0.5) is 4.39 Å². The molecule has 2 rings (SSSR count). The molecule has 2 N–H and O–H groups in total. The molecule has 0 saturated heterocycles. The smallest absolute Gasteiger partial charge is 0.131 e. The fourth-order valence-corrected chi connectivity index (χ4v) is 2.37. The van der Waals surface area contributed by atoms with Gasteiger partial charge in [-0.05, 0) is 43.7 Å². The van der Waals surface area contributed by atoms with Crippen molar-refractivity contribution in [3.05, 3.63) is 47.8 Å². The number of benzene rings is 2. The van der Waals surface area contributed by atoms with Crippen LogP contribution >= 0.6 is 0 Å². The van der Waals surface area contributed by atoms with Gasteiger partial charge < -0.3 is 10.5 Å². The van der Waals surface area contributed by atoms with Gasteiger partial charge >= 0.3 is 0 Å². The van der Waals surface area contributed by atoms with Crippen LogP contribution in [0.5, 0.6) is 0 Å². The minimum atomic E-state index is -0.200. The first-order valence-electron chi connectivity index (χ1n) is 6.92. The van der Waals surface area contributed by atoms with Gasteiger partial charge in [-0.3, -0.25) is 0 Å². The number of halogens is 1. The van der Waals surface area contributed by atoms with Gasteiger partial charge in [0.15, 0.2) is 0 Å². The molecule has 0 aliphatic carbocycles. The molecule has 1 atom stereocenters. The lowest BCUT2D eigenvalue weighted by Crippen LogP contribution is -2.24. The van der Waals surface area contributed by atoms with E-state index >= 15 is 0 Å². The quantitative estimate of drug-likeness (QED) is 0.888. The summed E-state index contributed by atoms with van der Waals surface area (Å²) in [5.74, 6) is -0.200. The third-order valence-electron chi connectivity index (χ3n) is 3.91. The predicted molar refractivity (Wildman–Crippen MR) is 81.2 cm³/mol. The molecule has 1 unspecified atom stereocenters. The van der Waals surface area contributed by atoms with Crippen molar-refractivity contribution < 1.29 is 9.13 Å². The molecule has 0 bridgehead atoms. The molecule has 0 aromatic heterocycles. The lowest BCUT2D eigenvalue weighted by molar-refractivity contribution is 0.0125. The fourth-order valence-electron chi connectivity index (χ4n) is 2.37. The Balaban J connectivity index is 2.27. The van der Waals surface area contributed by atoms with Crippen molar-refractivity contribution in [3.63, 3.8) is 0 Å². The molecule has 2 aromatic rings. The highest BCUT2D eigenvalue weighted by atomic mass is 19.1. The number of ether oxygens (including phenoxy) is 1. The Morgan fingerprint density at radius 3 is 2.45 bits per heavy atom. The normalized spacial score (nSPS) is 13.7. The number of hydrogen-bond donors (Lipinski definition) is 1. The van der Waals surface area contributed by atoms with Gasteiger partial charge in [0.1, 0.15) is 5.82 Å². The standard InChI is InChI=1S/C17H22FNO/c1-17(2,20-3)11-10-16(19)14-8-9-15(18)13-7-5-4-6-12(13)14/h4-9,16H,10-11,19H2,1-3H3. The van der Waals surface area contributed by atoms with Crippen LogP contribution in [-0.4, -0.2) is 12.7 Å². The van der Waals surface area contributed by atoms with E-state index in [-0.39, 0.29) is 17.5 Å². The zero-order valence-electron chi connectivity index (χ0n) is 12.3. The summed E-state index contributed by atoms with van der Waals surface area (Å²) >= 11 is 0. The Morgan fingerprint density at radius 2 is 1.80 bits per heavy atom. The Kier molecular flexibility index (Phi) is 4.41. The van der Waals surface area contributed by atoms with Crippen LogP contribution in [0, 0.1) is 5.82 Å². The topological polar surface area (TPSA) is 35.2 Å². The Hall–Kier alpha value is -1.45.